The smallest absolute Gasteiger partial charge is 0.242 e. The molecule has 0 unspecified atom stereocenters. The summed E-state index contributed by atoms with van der Waals surface area (Å²) < 4.78 is 11.5. The third-order valence-corrected chi connectivity index (χ3v) is 2.90. The molecule has 0 bridgehead atoms. The summed E-state index contributed by atoms with van der Waals surface area (Å²) in [5, 5.41) is 3.28. The lowest BCUT2D eigenvalue weighted by atomic mass is 10.2. The Morgan fingerprint density at radius 3 is 2.87 bits per heavy atom. The second kappa shape index (κ2) is 3.77. The van der Waals surface area contributed by atoms with E-state index < -0.39 is 8.32 Å². The summed E-state index contributed by atoms with van der Waals surface area (Å²) in [5.74, 6) is 1.81. The fraction of sp³-hybridized carbons (Fsp3) is 0.455. The van der Waals surface area contributed by atoms with E-state index in [2.05, 4.69) is 25.0 Å². The standard InChI is InChI=1S/C11H17NO2Si/c1-15(2,3)14-9-4-5-10-11(8-9)13-7-6-12-10/h4-5,8,12H,6-7H2,1-3H3. The maximum absolute atomic E-state index is 5.90. The van der Waals surface area contributed by atoms with Crippen LogP contribution in [0.3, 0.4) is 0 Å². The first-order valence-electron chi connectivity index (χ1n) is 5.24. The van der Waals surface area contributed by atoms with Crippen LogP contribution in [0.4, 0.5) is 5.69 Å². The van der Waals surface area contributed by atoms with Gasteiger partial charge in [0.15, 0.2) is 0 Å². The van der Waals surface area contributed by atoms with Crippen molar-refractivity contribution in [3.05, 3.63) is 18.2 Å². The zero-order valence-corrected chi connectivity index (χ0v) is 10.5. The first kappa shape index (κ1) is 10.4. The minimum atomic E-state index is -1.52. The van der Waals surface area contributed by atoms with Crippen molar-refractivity contribution in [2.75, 3.05) is 18.5 Å². The Morgan fingerprint density at radius 1 is 1.33 bits per heavy atom. The molecule has 0 fully saturated rings. The lowest BCUT2D eigenvalue weighted by molar-refractivity contribution is 0.322. The van der Waals surface area contributed by atoms with E-state index >= 15 is 0 Å². The maximum Gasteiger partial charge on any atom is 0.242 e. The minimum absolute atomic E-state index is 0.726. The van der Waals surface area contributed by atoms with Crippen molar-refractivity contribution >= 4 is 14.0 Å². The first-order valence-corrected chi connectivity index (χ1v) is 8.65. The van der Waals surface area contributed by atoms with E-state index in [4.69, 9.17) is 9.16 Å². The van der Waals surface area contributed by atoms with Gasteiger partial charge in [-0.05, 0) is 31.8 Å². The molecule has 1 N–H and O–H groups in total. The van der Waals surface area contributed by atoms with E-state index in [-0.39, 0.29) is 0 Å². The van der Waals surface area contributed by atoms with Crippen molar-refractivity contribution in [2.45, 2.75) is 19.6 Å². The summed E-state index contributed by atoms with van der Waals surface area (Å²) in [4.78, 5) is 0. The van der Waals surface area contributed by atoms with Gasteiger partial charge in [-0.25, -0.2) is 0 Å². The van der Waals surface area contributed by atoms with Gasteiger partial charge >= 0.3 is 0 Å². The number of hydrogen-bond donors (Lipinski definition) is 1. The average molecular weight is 223 g/mol. The summed E-state index contributed by atoms with van der Waals surface area (Å²) in [5.41, 5.74) is 1.06. The molecule has 0 saturated carbocycles. The molecule has 0 radical (unpaired) electrons. The largest absolute Gasteiger partial charge is 0.544 e. The number of hydrogen-bond acceptors (Lipinski definition) is 3. The molecule has 1 aliphatic rings. The fourth-order valence-corrected chi connectivity index (χ4v) is 2.37. The Morgan fingerprint density at radius 2 is 2.13 bits per heavy atom. The van der Waals surface area contributed by atoms with Crippen LogP contribution in [0, 0.1) is 0 Å². The number of anilines is 1. The molecule has 0 atom stereocenters. The lowest BCUT2D eigenvalue weighted by Gasteiger charge is -2.23. The highest BCUT2D eigenvalue weighted by molar-refractivity contribution is 6.70. The molecule has 1 heterocycles. The van der Waals surface area contributed by atoms with E-state index in [1.54, 1.807) is 0 Å². The van der Waals surface area contributed by atoms with E-state index in [0.29, 0.717) is 0 Å². The van der Waals surface area contributed by atoms with Gasteiger partial charge in [0.1, 0.15) is 18.1 Å². The van der Waals surface area contributed by atoms with Gasteiger partial charge in [0, 0.05) is 12.6 Å². The molecule has 0 spiro atoms. The molecule has 0 amide bonds. The van der Waals surface area contributed by atoms with Crippen LogP contribution in [0.15, 0.2) is 18.2 Å². The van der Waals surface area contributed by atoms with Crippen LogP contribution in [0.5, 0.6) is 11.5 Å². The lowest BCUT2D eigenvalue weighted by Crippen LogP contribution is -2.29. The van der Waals surface area contributed by atoms with Crippen molar-refractivity contribution < 1.29 is 9.16 Å². The van der Waals surface area contributed by atoms with Crippen LogP contribution in [0.25, 0.3) is 0 Å². The van der Waals surface area contributed by atoms with Crippen LogP contribution < -0.4 is 14.5 Å². The number of nitrogens with one attached hydrogen (secondary N) is 1. The summed E-state index contributed by atoms with van der Waals surface area (Å²) in [6.45, 7) is 8.12. The van der Waals surface area contributed by atoms with E-state index in [1.807, 2.05) is 18.2 Å². The normalized spacial score (nSPS) is 14.9. The molecule has 82 valence electrons. The summed E-state index contributed by atoms with van der Waals surface area (Å²) in [7, 11) is -1.52. The monoisotopic (exact) mass is 223 g/mol. The SMILES string of the molecule is C[Si](C)(C)Oc1ccc2c(c1)OCCN2. The number of fused-ring (bicyclic) bond motifs is 1. The minimum Gasteiger partial charge on any atom is -0.544 e. The Balaban J connectivity index is 2.21. The Labute approximate surface area is 91.5 Å². The van der Waals surface area contributed by atoms with Crippen molar-refractivity contribution in [3.8, 4) is 11.5 Å². The van der Waals surface area contributed by atoms with Gasteiger partial charge in [-0.15, -0.1) is 0 Å². The van der Waals surface area contributed by atoms with Gasteiger partial charge in [0.05, 0.1) is 5.69 Å². The molecular formula is C11H17NO2Si. The third kappa shape index (κ3) is 2.65. The third-order valence-electron chi connectivity index (χ3n) is 2.05. The number of ether oxygens (including phenoxy) is 1. The van der Waals surface area contributed by atoms with Gasteiger partial charge in [-0.2, -0.15) is 0 Å². The van der Waals surface area contributed by atoms with Gasteiger partial charge in [0.25, 0.3) is 0 Å². The number of rotatable bonds is 2. The van der Waals surface area contributed by atoms with Gasteiger partial charge in [-0.3, -0.25) is 0 Å². The zero-order valence-electron chi connectivity index (χ0n) is 9.46. The molecule has 0 aromatic heterocycles. The van der Waals surface area contributed by atoms with Crippen molar-refractivity contribution in [1.29, 1.82) is 0 Å². The van der Waals surface area contributed by atoms with Gasteiger partial charge in [0.2, 0.25) is 8.32 Å². The van der Waals surface area contributed by atoms with Gasteiger partial charge < -0.3 is 14.5 Å². The predicted octanol–water partition coefficient (Wildman–Crippen LogP) is 2.70. The van der Waals surface area contributed by atoms with Crippen LogP contribution in [0.2, 0.25) is 19.6 Å². The Kier molecular flexibility index (Phi) is 2.60. The fourth-order valence-electron chi connectivity index (χ4n) is 1.53. The topological polar surface area (TPSA) is 30.5 Å². The first-order chi connectivity index (χ1) is 7.04. The molecular weight excluding hydrogens is 206 g/mol. The maximum atomic E-state index is 5.90. The van der Waals surface area contributed by atoms with Crippen molar-refractivity contribution in [2.24, 2.45) is 0 Å². The van der Waals surface area contributed by atoms with Crippen molar-refractivity contribution in [1.82, 2.24) is 0 Å². The van der Waals surface area contributed by atoms with Crippen LogP contribution in [-0.4, -0.2) is 21.5 Å². The van der Waals surface area contributed by atoms with Gasteiger partial charge in [-0.1, -0.05) is 0 Å². The highest BCUT2D eigenvalue weighted by atomic mass is 28.4. The van der Waals surface area contributed by atoms with E-state index in [9.17, 15) is 0 Å². The Hall–Kier alpha value is -1.16. The molecule has 1 aliphatic heterocycles. The molecule has 1 aromatic carbocycles. The van der Waals surface area contributed by atoms with Crippen LogP contribution in [-0.2, 0) is 0 Å². The molecule has 3 nitrogen and oxygen atoms in total. The second-order valence-corrected chi connectivity index (χ2v) is 9.08. The predicted molar refractivity (Wildman–Crippen MR) is 64.4 cm³/mol. The summed E-state index contributed by atoms with van der Waals surface area (Å²) in [6, 6.07) is 5.99. The Bertz CT molecular complexity index is 360. The van der Waals surface area contributed by atoms with E-state index in [1.165, 1.54) is 0 Å². The van der Waals surface area contributed by atoms with Crippen LogP contribution >= 0.6 is 0 Å². The van der Waals surface area contributed by atoms with Crippen LogP contribution in [0.1, 0.15) is 0 Å². The van der Waals surface area contributed by atoms with Crippen molar-refractivity contribution in [3.63, 3.8) is 0 Å². The molecule has 1 aromatic rings. The molecule has 4 heteroatoms. The zero-order chi connectivity index (χ0) is 10.9. The molecule has 15 heavy (non-hydrogen) atoms. The summed E-state index contributed by atoms with van der Waals surface area (Å²) >= 11 is 0. The number of benzene rings is 1. The quantitative estimate of drug-likeness (QED) is 0.782. The second-order valence-electron chi connectivity index (χ2n) is 4.65. The highest BCUT2D eigenvalue weighted by Gasteiger charge is 2.18. The van der Waals surface area contributed by atoms with E-state index in [0.717, 1.165) is 30.3 Å². The molecule has 0 aliphatic carbocycles. The molecule has 0 saturated heterocycles. The molecule has 2 rings (SSSR count). The average Bonchev–Trinajstić information content (AvgIpc) is 2.15. The highest BCUT2D eigenvalue weighted by Crippen LogP contribution is 2.32. The summed E-state index contributed by atoms with van der Waals surface area (Å²) in [6.07, 6.45) is 0.